The van der Waals surface area contributed by atoms with Crippen molar-refractivity contribution in [3.8, 4) is 0 Å². The number of hydrogen-bond donors (Lipinski definition) is 2. The molecular formula is C25H35FN4O2. The van der Waals surface area contributed by atoms with E-state index < -0.39 is 6.09 Å². The standard InChI is InChI=1S/C25H35FN4O2/c1-3-23-28-14-15-30(23)17-25(18-10-12-27-13-11-18,19-6-4-7-20(26)16-19)21-8-5-9-22(21)29-24(31)32-2/h4,6-7,14-16,18,21-22,27H,3,5,8-13,17H2,1-2H3,(H,29,31)/t21-,22-,25?/m0/s1. The minimum Gasteiger partial charge on any atom is -0.453 e. The molecule has 1 amide bonds. The monoisotopic (exact) mass is 442 g/mol. The van der Waals surface area contributed by atoms with E-state index in [9.17, 15) is 9.18 Å². The summed E-state index contributed by atoms with van der Waals surface area (Å²) in [4.78, 5) is 16.8. The smallest absolute Gasteiger partial charge is 0.407 e. The molecule has 4 rings (SSSR count). The van der Waals surface area contributed by atoms with Crippen LogP contribution in [0.15, 0.2) is 36.7 Å². The number of carbonyl (C=O) groups excluding carboxylic acids is 1. The fourth-order valence-corrected chi connectivity index (χ4v) is 6.25. The number of alkyl carbamates (subject to hydrolysis) is 1. The SMILES string of the molecule is CCc1nccn1CC(c1cccc(F)c1)(C1CCNCC1)[C@H]1CCC[C@@H]1NC(=O)OC. The van der Waals surface area contributed by atoms with Crippen LogP contribution >= 0.6 is 0 Å². The Bertz CT molecular complexity index is 911. The lowest BCUT2D eigenvalue weighted by atomic mass is 9.58. The Morgan fingerprint density at radius 3 is 2.84 bits per heavy atom. The fourth-order valence-electron chi connectivity index (χ4n) is 6.25. The van der Waals surface area contributed by atoms with Gasteiger partial charge in [-0.25, -0.2) is 14.2 Å². The normalized spacial score (nSPS) is 23.6. The molecule has 2 N–H and O–H groups in total. The van der Waals surface area contributed by atoms with Gasteiger partial charge in [0.2, 0.25) is 0 Å². The van der Waals surface area contributed by atoms with Crippen LogP contribution in [0, 0.1) is 17.7 Å². The molecule has 0 radical (unpaired) electrons. The van der Waals surface area contributed by atoms with Crippen LogP contribution in [0.5, 0.6) is 0 Å². The van der Waals surface area contributed by atoms with Crippen LogP contribution in [0.3, 0.4) is 0 Å². The zero-order valence-electron chi connectivity index (χ0n) is 19.1. The molecule has 2 aliphatic rings. The number of aryl methyl sites for hydroxylation is 1. The van der Waals surface area contributed by atoms with Crippen molar-refractivity contribution in [3.63, 3.8) is 0 Å². The van der Waals surface area contributed by atoms with E-state index in [0.717, 1.165) is 69.5 Å². The second kappa shape index (κ2) is 10.0. The molecule has 2 fully saturated rings. The van der Waals surface area contributed by atoms with Crippen molar-refractivity contribution in [3.05, 3.63) is 53.9 Å². The zero-order chi connectivity index (χ0) is 22.6. The molecule has 0 spiro atoms. The first-order valence-electron chi connectivity index (χ1n) is 11.9. The second-order valence-corrected chi connectivity index (χ2v) is 9.18. The fraction of sp³-hybridized carbons (Fsp3) is 0.600. The maximum Gasteiger partial charge on any atom is 0.407 e. The maximum atomic E-state index is 14.6. The van der Waals surface area contributed by atoms with E-state index in [1.165, 1.54) is 13.2 Å². The van der Waals surface area contributed by atoms with Gasteiger partial charge in [-0.1, -0.05) is 25.5 Å². The van der Waals surface area contributed by atoms with E-state index in [2.05, 4.69) is 33.2 Å². The lowest BCUT2D eigenvalue weighted by Gasteiger charge is -2.50. The van der Waals surface area contributed by atoms with Crippen LogP contribution < -0.4 is 10.6 Å². The summed E-state index contributed by atoms with van der Waals surface area (Å²) in [5.74, 6) is 1.37. The molecule has 32 heavy (non-hydrogen) atoms. The van der Waals surface area contributed by atoms with Crippen molar-refractivity contribution in [1.82, 2.24) is 20.2 Å². The largest absolute Gasteiger partial charge is 0.453 e. The summed E-state index contributed by atoms with van der Waals surface area (Å²) in [6.45, 7) is 4.75. The van der Waals surface area contributed by atoms with E-state index in [1.807, 2.05) is 18.5 Å². The highest BCUT2D eigenvalue weighted by Crippen LogP contribution is 2.51. The zero-order valence-corrected chi connectivity index (χ0v) is 19.1. The number of ether oxygens (including phenoxy) is 1. The predicted molar refractivity (Wildman–Crippen MR) is 122 cm³/mol. The van der Waals surface area contributed by atoms with Gasteiger partial charge in [-0.3, -0.25) is 0 Å². The van der Waals surface area contributed by atoms with E-state index >= 15 is 0 Å². The van der Waals surface area contributed by atoms with Crippen molar-refractivity contribution in [2.45, 2.75) is 63.5 Å². The number of rotatable bonds is 7. The summed E-state index contributed by atoms with van der Waals surface area (Å²) >= 11 is 0. The highest BCUT2D eigenvalue weighted by Gasteiger charge is 2.52. The van der Waals surface area contributed by atoms with Crippen molar-refractivity contribution < 1.29 is 13.9 Å². The lowest BCUT2D eigenvalue weighted by molar-refractivity contribution is 0.0915. The van der Waals surface area contributed by atoms with Gasteiger partial charge in [-0.2, -0.15) is 0 Å². The number of halogens is 1. The number of piperidine rings is 1. The van der Waals surface area contributed by atoms with Gasteiger partial charge in [-0.05, 0) is 68.3 Å². The molecule has 1 aromatic carbocycles. The Kier molecular flexibility index (Phi) is 7.13. The van der Waals surface area contributed by atoms with Crippen LogP contribution in [0.1, 0.15) is 50.4 Å². The molecule has 174 valence electrons. The third-order valence-electron chi connectivity index (χ3n) is 7.65. The first kappa shape index (κ1) is 22.8. The van der Waals surface area contributed by atoms with Crippen LogP contribution in [0.4, 0.5) is 9.18 Å². The highest BCUT2D eigenvalue weighted by molar-refractivity contribution is 5.67. The number of nitrogens with zero attached hydrogens (tertiary/aromatic N) is 2. The van der Waals surface area contributed by atoms with Crippen molar-refractivity contribution in [2.24, 2.45) is 11.8 Å². The molecule has 7 heteroatoms. The van der Waals surface area contributed by atoms with E-state index in [0.29, 0.717) is 5.92 Å². The third-order valence-corrected chi connectivity index (χ3v) is 7.65. The molecule has 6 nitrogen and oxygen atoms in total. The van der Waals surface area contributed by atoms with Gasteiger partial charge < -0.3 is 19.9 Å². The minimum absolute atomic E-state index is 0.00537. The molecule has 1 aliphatic carbocycles. The Morgan fingerprint density at radius 1 is 1.31 bits per heavy atom. The van der Waals surface area contributed by atoms with Gasteiger partial charge in [0.1, 0.15) is 11.6 Å². The van der Waals surface area contributed by atoms with Crippen molar-refractivity contribution >= 4 is 6.09 Å². The number of hydrogen-bond acceptors (Lipinski definition) is 4. The van der Waals surface area contributed by atoms with Crippen LogP contribution in [0.2, 0.25) is 0 Å². The van der Waals surface area contributed by atoms with E-state index in [1.54, 1.807) is 6.07 Å². The molecule has 1 saturated carbocycles. The number of benzene rings is 1. The summed E-state index contributed by atoms with van der Waals surface area (Å²) in [6, 6.07) is 7.14. The van der Waals surface area contributed by atoms with Gasteiger partial charge >= 0.3 is 6.09 Å². The van der Waals surface area contributed by atoms with Gasteiger partial charge in [0, 0.05) is 36.8 Å². The third kappa shape index (κ3) is 4.40. The average molecular weight is 443 g/mol. The summed E-state index contributed by atoms with van der Waals surface area (Å²) in [7, 11) is 1.41. The Balaban J connectivity index is 1.86. The molecule has 2 aromatic rings. The molecule has 2 heterocycles. The Hall–Kier alpha value is -2.41. The summed E-state index contributed by atoms with van der Waals surface area (Å²) in [6.07, 6.45) is 9.33. The summed E-state index contributed by atoms with van der Waals surface area (Å²) in [5.41, 5.74) is 0.709. The van der Waals surface area contributed by atoms with Gasteiger partial charge in [0.05, 0.1) is 7.11 Å². The molecule has 3 atom stereocenters. The Labute approximate surface area is 189 Å². The maximum absolute atomic E-state index is 14.6. The van der Waals surface area contributed by atoms with E-state index in [4.69, 9.17) is 4.74 Å². The quantitative estimate of drug-likeness (QED) is 0.679. The molecule has 1 unspecified atom stereocenters. The minimum atomic E-state index is -0.391. The van der Waals surface area contributed by atoms with Crippen LogP contribution in [-0.2, 0) is 23.1 Å². The first-order chi connectivity index (χ1) is 15.6. The molecular weight excluding hydrogens is 407 g/mol. The number of methoxy groups -OCH3 is 1. The molecule has 1 saturated heterocycles. The van der Waals surface area contributed by atoms with E-state index in [-0.39, 0.29) is 23.2 Å². The van der Waals surface area contributed by atoms with Crippen molar-refractivity contribution in [2.75, 3.05) is 20.2 Å². The van der Waals surface area contributed by atoms with Crippen LogP contribution in [-0.4, -0.2) is 41.9 Å². The average Bonchev–Trinajstić information content (AvgIpc) is 3.47. The van der Waals surface area contributed by atoms with Gasteiger partial charge in [0.15, 0.2) is 0 Å². The predicted octanol–water partition coefficient (Wildman–Crippen LogP) is 4.05. The lowest BCUT2D eigenvalue weighted by Crippen LogP contribution is -2.54. The van der Waals surface area contributed by atoms with Crippen LogP contribution in [0.25, 0.3) is 0 Å². The summed E-state index contributed by atoms with van der Waals surface area (Å²) in [5, 5.41) is 6.61. The first-order valence-corrected chi connectivity index (χ1v) is 11.9. The Morgan fingerprint density at radius 2 is 2.12 bits per heavy atom. The highest BCUT2D eigenvalue weighted by atomic mass is 19.1. The number of imidazole rings is 1. The number of amides is 1. The van der Waals surface area contributed by atoms with Crippen molar-refractivity contribution in [1.29, 1.82) is 0 Å². The molecule has 1 aromatic heterocycles. The number of aromatic nitrogens is 2. The van der Waals surface area contributed by atoms with Gasteiger partial charge in [-0.15, -0.1) is 0 Å². The topological polar surface area (TPSA) is 68.2 Å². The van der Waals surface area contributed by atoms with Gasteiger partial charge in [0.25, 0.3) is 0 Å². The molecule has 1 aliphatic heterocycles. The molecule has 0 bridgehead atoms. The summed E-state index contributed by atoms with van der Waals surface area (Å²) < 4.78 is 21.8. The number of nitrogens with one attached hydrogen (secondary N) is 2. The number of carbonyl (C=O) groups is 1. The second-order valence-electron chi connectivity index (χ2n) is 9.18.